The fraction of sp³-hybridized carbons (Fsp3) is 0.619. The lowest BCUT2D eigenvalue weighted by Crippen LogP contribution is -2.48. The van der Waals surface area contributed by atoms with Gasteiger partial charge in [-0.3, -0.25) is 9.59 Å². The SMILES string of the molecule is COc1cc(C(=O)NC2CCN(C(=O)C3CCCCC3)CC2)cc(Cl)c1OC. The van der Waals surface area contributed by atoms with E-state index in [1.165, 1.54) is 20.6 Å². The molecule has 0 spiro atoms. The Balaban J connectivity index is 1.55. The Hall–Kier alpha value is -1.95. The van der Waals surface area contributed by atoms with E-state index in [9.17, 15) is 9.59 Å². The van der Waals surface area contributed by atoms with Crippen molar-refractivity contribution in [1.82, 2.24) is 10.2 Å². The zero-order chi connectivity index (χ0) is 20.1. The third kappa shape index (κ3) is 4.72. The second-order valence-corrected chi connectivity index (χ2v) is 8.01. The molecule has 154 valence electrons. The number of nitrogens with one attached hydrogen (secondary N) is 1. The summed E-state index contributed by atoms with van der Waals surface area (Å²) < 4.78 is 10.5. The lowest BCUT2D eigenvalue weighted by molar-refractivity contribution is -0.137. The van der Waals surface area contributed by atoms with Crippen molar-refractivity contribution in [3.63, 3.8) is 0 Å². The molecule has 1 saturated carbocycles. The van der Waals surface area contributed by atoms with E-state index < -0.39 is 0 Å². The summed E-state index contributed by atoms with van der Waals surface area (Å²) in [7, 11) is 3.01. The minimum atomic E-state index is -0.195. The van der Waals surface area contributed by atoms with Gasteiger partial charge in [0.2, 0.25) is 5.91 Å². The number of halogens is 1. The van der Waals surface area contributed by atoms with Gasteiger partial charge in [-0.05, 0) is 37.8 Å². The number of hydrogen-bond donors (Lipinski definition) is 1. The molecule has 7 heteroatoms. The first-order valence-electron chi connectivity index (χ1n) is 10.0. The number of amides is 2. The summed E-state index contributed by atoms with van der Waals surface area (Å²) in [4.78, 5) is 27.3. The smallest absolute Gasteiger partial charge is 0.251 e. The Morgan fingerprint density at radius 1 is 1.04 bits per heavy atom. The first kappa shape index (κ1) is 20.8. The fourth-order valence-corrected chi connectivity index (χ4v) is 4.46. The van der Waals surface area contributed by atoms with Crippen LogP contribution in [-0.4, -0.2) is 50.1 Å². The molecule has 2 fully saturated rings. The molecule has 1 heterocycles. The van der Waals surface area contributed by atoms with Crippen LogP contribution in [0.15, 0.2) is 12.1 Å². The van der Waals surface area contributed by atoms with E-state index in [0.717, 1.165) is 38.5 Å². The maximum atomic E-state index is 12.7. The first-order chi connectivity index (χ1) is 13.5. The largest absolute Gasteiger partial charge is 0.493 e. The molecule has 1 aliphatic carbocycles. The van der Waals surface area contributed by atoms with Crippen LogP contribution in [0.1, 0.15) is 55.3 Å². The van der Waals surface area contributed by atoms with Crippen molar-refractivity contribution in [1.29, 1.82) is 0 Å². The van der Waals surface area contributed by atoms with Crippen molar-refractivity contribution in [2.24, 2.45) is 5.92 Å². The minimum Gasteiger partial charge on any atom is -0.493 e. The third-order valence-electron chi connectivity index (χ3n) is 5.79. The quantitative estimate of drug-likeness (QED) is 0.807. The van der Waals surface area contributed by atoms with Crippen LogP contribution in [0.4, 0.5) is 0 Å². The van der Waals surface area contributed by atoms with Crippen molar-refractivity contribution in [3.8, 4) is 11.5 Å². The second kappa shape index (κ2) is 9.50. The van der Waals surface area contributed by atoms with Crippen LogP contribution in [0.25, 0.3) is 0 Å². The summed E-state index contributed by atoms with van der Waals surface area (Å²) in [6.45, 7) is 1.40. The van der Waals surface area contributed by atoms with Crippen LogP contribution in [-0.2, 0) is 4.79 Å². The van der Waals surface area contributed by atoms with Crippen molar-refractivity contribution in [3.05, 3.63) is 22.7 Å². The molecule has 1 saturated heterocycles. The number of carbonyl (C=O) groups is 2. The number of methoxy groups -OCH3 is 2. The fourth-order valence-electron chi connectivity index (χ4n) is 4.17. The Morgan fingerprint density at radius 3 is 2.32 bits per heavy atom. The molecule has 6 nitrogen and oxygen atoms in total. The number of benzene rings is 1. The molecule has 0 unspecified atom stereocenters. The molecule has 0 radical (unpaired) electrons. The predicted molar refractivity (Wildman–Crippen MR) is 108 cm³/mol. The molecule has 1 aromatic carbocycles. The molecule has 2 aliphatic rings. The molecular formula is C21H29ClN2O4. The number of likely N-dealkylation sites (tertiary alicyclic amines) is 1. The van der Waals surface area contributed by atoms with Crippen LogP contribution >= 0.6 is 11.6 Å². The summed E-state index contributed by atoms with van der Waals surface area (Å²) in [5, 5.41) is 3.39. The molecule has 1 aliphatic heterocycles. The van der Waals surface area contributed by atoms with Crippen molar-refractivity contribution < 1.29 is 19.1 Å². The molecule has 3 rings (SSSR count). The molecule has 0 aromatic heterocycles. The number of nitrogens with zero attached hydrogens (tertiary/aromatic N) is 1. The summed E-state index contributed by atoms with van der Waals surface area (Å²) in [6.07, 6.45) is 7.16. The van der Waals surface area contributed by atoms with E-state index in [0.29, 0.717) is 41.1 Å². The zero-order valence-corrected chi connectivity index (χ0v) is 17.4. The van der Waals surface area contributed by atoms with Crippen LogP contribution in [0.5, 0.6) is 11.5 Å². The van der Waals surface area contributed by atoms with Gasteiger partial charge in [-0.15, -0.1) is 0 Å². The summed E-state index contributed by atoms with van der Waals surface area (Å²) in [6, 6.07) is 3.26. The number of rotatable bonds is 5. The standard InChI is InChI=1S/C21H29ClN2O4/c1-27-18-13-15(12-17(22)19(18)28-2)20(25)23-16-8-10-24(11-9-16)21(26)14-6-4-3-5-7-14/h12-14,16H,3-11H2,1-2H3,(H,23,25). The van der Waals surface area contributed by atoms with E-state index >= 15 is 0 Å². The lowest BCUT2D eigenvalue weighted by atomic mass is 9.87. The second-order valence-electron chi connectivity index (χ2n) is 7.60. The normalized spacial score (nSPS) is 18.6. The highest BCUT2D eigenvalue weighted by atomic mass is 35.5. The van der Waals surface area contributed by atoms with E-state index in [4.69, 9.17) is 21.1 Å². The molecule has 0 atom stereocenters. The first-order valence-corrected chi connectivity index (χ1v) is 10.4. The average Bonchev–Trinajstić information content (AvgIpc) is 2.73. The van der Waals surface area contributed by atoms with Gasteiger partial charge in [0, 0.05) is 30.6 Å². The highest BCUT2D eigenvalue weighted by molar-refractivity contribution is 6.32. The molecular weight excluding hydrogens is 380 g/mol. The monoisotopic (exact) mass is 408 g/mol. The van der Waals surface area contributed by atoms with Gasteiger partial charge in [0.15, 0.2) is 11.5 Å². The zero-order valence-electron chi connectivity index (χ0n) is 16.6. The Morgan fingerprint density at radius 2 is 1.71 bits per heavy atom. The maximum absolute atomic E-state index is 12.7. The van der Waals surface area contributed by atoms with Gasteiger partial charge in [0.1, 0.15) is 0 Å². The Labute approximate surface area is 171 Å². The van der Waals surface area contributed by atoms with Gasteiger partial charge in [-0.25, -0.2) is 0 Å². The Kier molecular flexibility index (Phi) is 7.05. The van der Waals surface area contributed by atoms with Gasteiger partial charge in [-0.2, -0.15) is 0 Å². The third-order valence-corrected chi connectivity index (χ3v) is 6.07. The molecule has 2 amide bonds. The number of ether oxygens (including phenoxy) is 2. The summed E-state index contributed by atoms with van der Waals surface area (Å²) in [5.41, 5.74) is 0.434. The molecule has 0 bridgehead atoms. The van der Waals surface area contributed by atoms with E-state index in [1.54, 1.807) is 12.1 Å². The highest BCUT2D eigenvalue weighted by Crippen LogP contribution is 2.36. The van der Waals surface area contributed by atoms with Crippen LogP contribution in [0.2, 0.25) is 5.02 Å². The van der Waals surface area contributed by atoms with Gasteiger partial charge < -0.3 is 19.7 Å². The van der Waals surface area contributed by atoms with Crippen molar-refractivity contribution in [2.45, 2.75) is 51.0 Å². The molecule has 1 aromatic rings. The van der Waals surface area contributed by atoms with Gasteiger partial charge in [-0.1, -0.05) is 30.9 Å². The molecule has 28 heavy (non-hydrogen) atoms. The van der Waals surface area contributed by atoms with Crippen LogP contribution in [0, 0.1) is 5.92 Å². The minimum absolute atomic E-state index is 0.0507. The van der Waals surface area contributed by atoms with Crippen molar-refractivity contribution >= 4 is 23.4 Å². The van der Waals surface area contributed by atoms with E-state index in [1.807, 2.05) is 4.90 Å². The highest BCUT2D eigenvalue weighted by Gasteiger charge is 2.29. The average molecular weight is 409 g/mol. The topological polar surface area (TPSA) is 67.9 Å². The van der Waals surface area contributed by atoms with E-state index in [2.05, 4.69) is 5.32 Å². The van der Waals surface area contributed by atoms with Crippen LogP contribution in [0.3, 0.4) is 0 Å². The van der Waals surface area contributed by atoms with Gasteiger partial charge >= 0.3 is 0 Å². The Bertz CT molecular complexity index is 711. The summed E-state index contributed by atoms with van der Waals surface area (Å²) in [5.74, 6) is 1.15. The molecule has 1 N–H and O–H groups in total. The predicted octanol–water partition coefficient (Wildman–Crippen LogP) is 3.66. The van der Waals surface area contributed by atoms with Gasteiger partial charge in [0.25, 0.3) is 5.91 Å². The van der Waals surface area contributed by atoms with E-state index in [-0.39, 0.29) is 17.9 Å². The van der Waals surface area contributed by atoms with Gasteiger partial charge in [0.05, 0.1) is 19.2 Å². The lowest BCUT2D eigenvalue weighted by Gasteiger charge is -2.35. The number of hydrogen-bond acceptors (Lipinski definition) is 4. The van der Waals surface area contributed by atoms with Crippen molar-refractivity contribution in [2.75, 3.05) is 27.3 Å². The van der Waals surface area contributed by atoms with Crippen LogP contribution < -0.4 is 14.8 Å². The summed E-state index contributed by atoms with van der Waals surface area (Å²) >= 11 is 6.20. The number of piperidine rings is 1. The maximum Gasteiger partial charge on any atom is 0.251 e. The number of carbonyl (C=O) groups excluding carboxylic acids is 2.